The van der Waals surface area contributed by atoms with Crippen LogP contribution < -0.4 is 16.0 Å². The van der Waals surface area contributed by atoms with E-state index in [-0.39, 0.29) is 0 Å². The SMILES string of the molecule is Clc1ccc2c(NCCCNc3nccc(Nc4ccccc4)n3)ccnc2c1. The van der Waals surface area contributed by atoms with E-state index in [4.69, 9.17) is 11.6 Å². The first-order valence-electron chi connectivity index (χ1n) is 9.45. The van der Waals surface area contributed by atoms with Crippen molar-refractivity contribution in [2.75, 3.05) is 29.0 Å². The number of halogens is 1. The average molecular weight is 405 g/mol. The Bertz CT molecular complexity index is 1090. The first-order chi connectivity index (χ1) is 14.3. The summed E-state index contributed by atoms with van der Waals surface area (Å²) in [5.74, 6) is 1.36. The lowest BCUT2D eigenvalue weighted by molar-refractivity contribution is 0.896. The molecule has 0 fully saturated rings. The molecule has 0 aliphatic carbocycles. The van der Waals surface area contributed by atoms with Gasteiger partial charge in [-0.2, -0.15) is 4.98 Å². The van der Waals surface area contributed by atoms with Crippen molar-refractivity contribution in [2.45, 2.75) is 6.42 Å². The van der Waals surface area contributed by atoms with Gasteiger partial charge in [0.05, 0.1) is 5.52 Å². The third-order valence-electron chi connectivity index (χ3n) is 4.36. The van der Waals surface area contributed by atoms with Crippen LogP contribution in [0.1, 0.15) is 6.42 Å². The largest absolute Gasteiger partial charge is 0.384 e. The Morgan fingerprint density at radius 1 is 0.828 bits per heavy atom. The molecule has 3 N–H and O–H groups in total. The van der Waals surface area contributed by atoms with Crippen molar-refractivity contribution in [3.63, 3.8) is 0 Å². The maximum atomic E-state index is 6.05. The van der Waals surface area contributed by atoms with E-state index in [9.17, 15) is 0 Å². The zero-order valence-corrected chi connectivity index (χ0v) is 16.5. The average Bonchev–Trinajstić information content (AvgIpc) is 2.74. The number of nitrogens with zero attached hydrogens (tertiary/aromatic N) is 3. The molecule has 29 heavy (non-hydrogen) atoms. The van der Waals surface area contributed by atoms with Crippen LogP contribution in [0.3, 0.4) is 0 Å². The van der Waals surface area contributed by atoms with Gasteiger partial charge < -0.3 is 16.0 Å². The molecule has 146 valence electrons. The van der Waals surface area contributed by atoms with Gasteiger partial charge >= 0.3 is 0 Å². The van der Waals surface area contributed by atoms with Crippen LogP contribution in [-0.4, -0.2) is 28.0 Å². The minimum atomic E-state index is 0.606. The Hall–Kier alpha value is -3.38. The second kappa shape index (κ2) is 9.21. The number of hydrogen-bond donors (Lipinski definition) is 3. The van der Waals surface area contributed by atoms with E-state index < -0.39 is 0 Å². The summed E-state index contributed by atoms with van der Waals surface area (Å²) in [6, 6.07) is 19.5. The van der Waals surface area contributed by atoms with E-state index in [1.807, 2.05) is 60.7 Å². The van der Waals surface area contributed by atoms with Gasteiger partial charge in [-0.3, -0.25) is 4.98 Å². The maximum Gasteiger partial charge on any atom is 0.224 e. The molecule has 4 rings (SSSR count). The van der Waals surface area contributed by atoms with Crippen LogP contribution in [0.5, 0.6) is 0 Å². The molecule has 0 saturated carbocycles. The Kier molecular flexibility index (Phi) is 6.02. The first-order valence-corrected chi connectivity index (χ1v) is 9.83. The molecule has 4 aromatic rings. The summed E-state index contributed by atoms with van der Waals surface area (Å²) in [5, 5.41) is 11.8. The first kappa shape index (κ1) is 19.0. The van der Waals surface area contributed by atoms with E-state index in [2.05, 4.69) is 30.9 Å². The van der Waals surface area contributed by atoms with Crippen LogP contribution in [-0.2, 0) is 0 Å². The fourth-order valence-corrected chi connectivity index (χ4v) is 3.14. The molecule has 0 saturated heterocycles. The topological polar surface area (TPSA) is 74.8 Å². The van der Waals surface area contributed by atoms with Crippen LogP contribution in [0.4, 0.5) is 23.1 Å². The van der Waals surface area contributed by atoms with Crippen LogP contribution >= 0.6 is 11.6 Å². The number of fused-ring (bicyclic) bond motifs is 1. The van der Waals surface area contributed by atoms with E-state index in [0.29, 0.717) is 11.0 Å². The van der Waals surface area contributed by atoms with Crippen LogP contribution in [0.15, 0.2) is 73.1 Å². The lowest BCUT2D eigenvalue weighted by Gasteiger charge is -2.11. The second-order valence-corrected chi connectivity index (χ2v) is 6.92. The highest BCUT2D eigenvalue weighted by Gasteiger charge is 2.03. The number of anilines is 4. The molecule has 0 aliphatic rings. The van der Waals surface area contributed by atoms with Gasteiger partial charge in [-0.1, -0.05) is 29.8 Å². The third-order valence-corrected chi connectivity index (χ3v) is 4.59. The van der Waals surface area contributed by atoms with Gasteiger partial charge in [0, 0.05) is 47.3 Å². The van der Waals surface area contributed by atoms with Crippen molar-refractivity contribution in [1.82, 2.24) is 15.0 Å². The Morgan fingerprint density at radius 3 is 2.55 bits per heavy atom. The number of para-hydroxylation sites is 1. The summed E-state index contributed by atoms with van der Waals surface area (Å²) in [6.07, 6.45) is 4.45. The van der Waals surface area contributed by atoms with E-state index in [1.54, 1.807) is 12.4 Å². The molecule has 6 nitrogen and oxygen atoms in total. The van der Waals surface area contributed by atoms with E-state index in [0.717, 1.165) is 47.6 Å². The number of nitrogens with one attached hydrogen (secondary N) is 3. The number of pyridine rings is 1. The predicted molar refractivity (Wildman–Crippen MR) is 120 cm³/mol. The van der Waals surface area contributed by atoms with E-state index in [1.165, 1.54) is 0 Å². The van der Waals surface area contributed by atoms with Crippen molar-refractivity contribution in [1.29, 1.82) is 0 Å². The standard InChI is InChI=1S/C22H21ClN6/c23-16-7-8-18-19(9-13-25-20(18)15-16)24-11-4-12-26-22-27-14-10-21(29-22)28-17-5-2-1-3-6-17/h1-3,5-10,13-15H,4,11-12H2,(H,24,25)(H2,26,27,28,29). The van der Waals surface area contributed by atoms with Gasteiger partial charge in [-0.15, -0.1) is 0 Å². The minimum Gasteiger partial charge on any atom is -0.384 e. The van der Waals surface area contributed by atoms with Gasteiger partial charge in [-0.25, -0.2) is 4.98 Å². The molecule has 2 aromatic carbocycles. The number of aromatic nitrogens is 3. The monoisotopic (exact) mass is 404 g/mol. The van der Waals surface area contributed by atoms with Gasteiger partial charge in [-0.05, 0) is 48.9 Å². The van der Waals surface area contributed by atoms with Crippen LogP contribution in [0.2, 0.25) is 5.02 Å². The third kappa shape index (κ3) is 5.12. The van der Waals surface area contributed by atoms with Crippen molar-refractivity contribution < 1.29 is 0 Å². The normalized spacial score (nSPS) is 10.7. The Labute approximate surface area is 174 Å². The quantitative estimate of drug-likeness (QED) is 0.344. The van der Waals surface area contributed by atoms with E-state index >= 15 is 0 Å². The zero-order chi connectivity index (χ0) is 19.9. The molecular weight excluding hydrogens is 384 g/mol. The van der Waals surface area contributed by atoms with Crippen molar-refractivity contribution >= 4 is 45.6 Å². The summed E-state index contributed by atoms with van der Waals surface area (Å²) in [6.45, 7) is 1.58. The molecule has 0 unspecified atom stereocenters. The minimum absolute atomic E-state index is 0.606. The van der Waals surface area contributed by atoms with Gasteiger partial charge in [0.25, 0.3) is 0 Å². The molecule has 2 heterocycles. The summed E-state index contributed by atoms with van der Waals surface area (Å²) in [5.41, 5.74) is 2.93. The lowest BCUT2D eigenvalue weighted by Crippen LogP contribution is -2.11. The molecule has 2 aromatic heterocycles. The summed E-state index contributed by atoms with van der Waals surface area (Å²) < 4.78 is 0. The van der Waals surface area contributed by atoms with Gasteiger partial charge in [0.2, 0.25) is 5.95 Å². The summed E-state index contributed by atoms with van der Waals surface area (Å²) >= 11 is 6.05. The smallest absolute Gasteiger partial charge is 0.224 e. The highest BCUT2D eigenvalue weighted by Crippen LogP contribution is 2.24. The number of benzene rings is 2. The van der Waals surface area contributed by atoms with Gasteiger partial charge in [0.1, 0.15) is 5.82 Å². The summed E-state index contributed by atoms with van der Waals surface area (Å²) in [7, 11) is 0. The van der Waals surface area contributed by atoms with Crippen LogP contribution in [0, 0.1) is 0 Å². The molecule has 0 aliphatic heterocycles. The molecule has 0 amide bonds. The fourth-order valence-electron chi connectivity index (χ4n) is 2.97. The summed E-state index contributed by atoms with van der Waals surface area (Å²) in [4.78, 5) is 13.1. The molecule has 0 bridgehead atoms. The highest BCUT2D eigenvalue weighted by atomic mass is 35.5. The Balaban J connectivity index is 1.27. The molecule has 0 atom stereocenters. The van der Waals surface area contributed by atoms with Crippen LogP contribution in [0.25, 0.3) is 10.9 Å². The zero-order valence-electron chi connectivity index (χ0n) is 15.8. The predicted octanol–water partition coefficient (Wildman–Crippen LogP) is 5.34. The number of rotatable bonds is 8. The second-order valence-electron chi connectivity index (χ2n) is 6.48. The maximum absolute atomic E-state index is 6.05. The molecule has 0 radical (unpaired) electrons. The number of hydrogen-bond acceptors (Lipinski definition) is 6. The van der Waals surface area contributed by atoms with Crippen molar-refractivity contribution in [2.24, 2.45) is 0 Å². The lowest BCUT2D eigenvalue weighted by atomic mass is 10.2. The fraction of sp³-hybridized carbons (Fsp3) is 0.136. The molecule has 7 heteroatoms. The Morgan fingerprint density at radius 2 is 1.66 bits per heavy atom. The van der Waals surface area contributed by atoms with Gasteiger partial charge in [0.15, 0.2) is 0 Å². The van der Waals surface area contributed by atoms with Crippen molar-refractivity contribution in [3.05, 3.63) is 78.1 Å². The van der Waals surface area contributed by atoms with Crippen molar-refractivity contribution in [3.8, 4) is 0 Å². The highest BCUT2D eigenvalue weighted by molar-refractivity contribution is 6.31. The molecular formula is C22H21ClN6. The molecule has 0 spiro atoms.